The van der Waals surface area contributed by atoms with Crippen molar-refractivity contribution < 1.29 is 34.0 Å². The van der Waals surface area contributed by atoms with Crippen molar-refractivity contribution in [3.63, 3.8) is 0 Å². The van der Waals surface area contributed by atoms with Crippen molar-refractivity contribution in [1.82, 2.24) is 9.55 Å². The Bertz CT molecular complexity index is 1300. The minimum atomic E-state index is -1.12. The van der Waals surface area contributed by atoms with E-state index >= 15 is 0 Å². The van der Waals surface area contributed by atoms with Crippen LogP contribution in [0.1, 0.15) is 11.3 Å². The number of fused-ring (bicyclic) bond motifs is 1. The Balaban J connectivity index is 1.75. The molecule has 0 aliphatic carbocycles. The predicted molar refractivity (Wildman–Crippen MR) is 113 cm³/mol. The third kappa shape index (κ3) is 4.27. The Morgan fingerprint density at radius 1 is 1.06 bits per heavy atom. The zero-order valence-electron chi connectivity index (χ0n) is 16.9. The molecule has 2 heterocycles. The van der Waals surface area contributed by atoms with Crippen LogP contribution >= 0.6 is 0 Å². The van der Waals surface area contributed by atoms with E-state index in [1.165, 1.54) is 36.4 Å². The van der Waals surface area contributed by atoms with Gasteiger partial charge in [-0.25, -0.2) is 9.78 Å². The number of phenols is 2. The van der Waals surface area contributed by atoms with Crippen molar-refractivity contribution in [2.24, 2.45) is 0 Å². The Hall–Kier alpha value is -4.27. The van der Waals surface area contributed by atoms with E-state index in [9.17, 15) is 19.4 Å². The van der Waals surface area contributed by atoms with Crippen LogP contribution in [0.15, 0.2) is 54.6 Å². The van der Waals surface area contributed by atoms with Crippen molar-refractivity contribution in [1.29, 1.82) is 0 Å². The molecule has 0 fully saturated rings. The SMILES string of the molecule is Cc1c(Oc2ccc(O)cc2)c2ccc(F)nc2n1Cc1cc(OCC(=O)O)ccc1O. The molecule has 2 aromatic carbocycles. The lowest BCUT2D eigenvalue weighted by Gasteiger charge is -2.12. The van der Waals surface area contributed by atoms with Crippen LogP contribution < -0.4 is 9.47 Å². The molecule has 0 spiro atoms. The number of nitrogens with zero attached hydrogens (tertiary/aromatic N) is 2. The first-order valence-electron chi connectivity index (χ1n) is 9.60. The van der Waals surface area contributed by atoms with Crippen LogP contribution in [0.25, 0.3) is 11.0 Å². The monoisotopic (exact) mass is 438 g/mol. The van der Waals surface area contributed by atoms with Gasteiger partial charge in [-0.3, -0.25) is 0 Å². The van der Waals surface area contributed by atoms with E-state index in [1.54, 1.807) is 29.7 Å². The maximum Gasteiger partial charge on any atom is 0.341 e. The van der Waals surface area contributed by atoms with Gasteiger partial charge in [0, 0.05) is 5.56 Å². The number of carbonyl (C=O) groups is 1. The van der Waals surface area contributed by atoms with Crippen LogP contribution in [0, 0.1) is 12.9 Å². The minimum absolute atomic E-state index is 0.0358. The Kier molecular flexibility index (Phi) is 5.55. The van der Waals surface area contributed by atoms with Gasteiger partial charge in [-0.05, 0) is 61.5 Å². The molecule has 3 N–H and O–H groups in total. The van der Waals surface area contributed by atoms with Crippen LogP contribution in [0.3, 0.4) is 0 Å². The molecule has 164 valence electrons. The molecule has 0 atom stereocenters. The molecular weight excluding hydrogens is 419 g/mol. The van der Waals surface area contributed by atoms with Crippen molar-refractivity contribution >= 4 is 17.0 Å². The highest BCUT2D eigenvalue weighted by atomic mass is 19.1. The van der Waals surface area contributed by atoms with Crippen molar-refractivity contribution in [3.05, 3.63) is 71.8 Å². The third-order valence-corrected chi connectivity index (χ3v) is 4.87. The number of aromatic nitrogens is 2. The average molecular weight is 438 g/mol. The summed E-state index contributed by atoms with van der Waals surface area (Å²) < 4.78 is 26.9. The zero-order valence-corrected chi connectivity index (χ0v) is 16.9. The molecule has 8 nitrogen and oxygen atoms in total. The normalized spacial score (nSPS) is 10.9. The summed E-state index contributed by atoms with van der Waals surface area (Å²) in [4.78, 5) is 14.8. The molecule has 0 saturated carbocycles. The quantitative estimate of drug-likeness (QED) is 0.371. The van der Waals surface area contributed by atoms with Gasteiger partial charge in [0.1, 0.15) is 28.6 Å². The number of pyridine rings is 1. The number of carboxylic acids is 1. The number of carboxylic acid groups (broad SMARTS) is 1. The van der Waals surface area contributed by atoms with Gasteiger partial charge in [-0.1, -0.05) is 0 Å². The summed E-state index contributed by atoms with van der Waals surface area (Å²) in [7, 11) is 0. The number of hydrogen-bond donors (Lipinski definition) is 3. The van der Waals surface area contributed by atoms with Crippen LogP contribution in [0.5, 0.6) is 28.7 Å². The molecule has 0 amide bonds. The highest BCUT2D eigenvalue weighted by molar-refractivity contribution is 5.86. The Morgan fingerprint density at radius 2 is 1.78 bits per heavy atom. The summed E-state index contributed by atoms with van der Waals surface area (Å²) in [6, 6.07) is 13.3. The minimum Gasteiger partial charge on any atom is -0.508 e. The second-order valence-corrected chi connectivity index (χ2v) is 7.07. The fraction of sp³-hybridized carbons (Fsp3) is 0.130. The molecular formula is C23H19FN2O6. The van der Waals surface area contributed by atoms with Crippen LogP contribution in [0.2, 0.25) is 0 Å². The standard InChI is InChI=1S/C23H19FN2O6/c1-13-22(32-16-4-2-15(27)3-5-16)18-7-9-20(24)25-23(18)26(13)11-14-10-17(6-8-19(14)28)31-12-21(29)30/h2-10,27-28H,11-12H2,1H3,(H,29,30). The van der Waals surface area contributed by atoms with Crippen LogP contribution in [-0.2, 0) is 11.3 Å². The second-order valence-electron chi connectivity index (χ2n) is 7.07. The van der Waals surface area contributed by atoms with E-state index in [1.807, 2.05) is 0 Å². The molecule has 9 heteroatoms. The molecule has 0 unspecified atom stereocenters. The van der Waals surface area contributed by atoms with Gasteiger partial charge in [0.2, 0.25) is 5.95 Å². The molecule has 0 bridgehead atoms. The molecule has 4 aromatic rings. The summed E-state index contributed by atoms with van der Waals surface area (Å²) in [6.45, 7) is 1.36. The van der Waals surface area contributed by atoms with E-state index < -0.39 is 18.5 Å². The summed E-state index contributed by atoms with van der Waals surface area (Å²) in [5, 5.41) is 29.2. The molecule has 0 aliphatic heterocycles. The van der Waals surface area contributed by atoms with Gasteiger partial charge >= 0.3 is 5.97 Å². The lowest BCUT2D eigenvalue weighted by atomic mass is 10.2. The first-order chi connectivity index (χ1) is 15.3. The topological polar surface area (TPSA) is 114 Å². The zero-order chi connectivity index (χ0) is 22.8. The number of aliphatic carboxylic acids is 1. The lowest BCUT2D eigenvalue weighted by molar-refractivity contribution is -0.139. The average Bonchev–Trinajstić information content (AvgIpc) is 3.00. The maximum absolute atomic E-state index is 14.0. The van der Waals surface area contributed by atoms with Crippen LogP contribution in [0.4, 0.5) is 4.39 Å². The Labute approximate surface area is 181 Å². The Morgan fingerprint density at radius 3 is 2.50 bits per heavy atom. The summed E-state index contributed by atoms with van der Waals surface area (Å²) in [6.07, 6.45) is 0. The number of benzene rings is 2. The van der Waals surface area contributed by atoms with Crippen molar-refractivity contribution in [2.45, 2.75) is 13.5 Å². The van der Waals surface area contributed by atoms with Gasteiger partial charge in [0.15, 0.2) is 12.4 Å². The first kappa shape index (κ1) is 21.0. The van der Waals surface area contributed by atoms with E-state index in [0.29, 0.717) is 33.8 Å². The van der Waals surface area contributed by atoms with E-state index in [2.05, 4.69) is 4.98 Å². The molecule has 0 aliphatic rings. The maximum atomic E-state index is 14.0. The second kappa shape index (κ2) is 8.46. The van der Waals surface area contributed by atoms with E-state index in [4.69, 9.17) is 14.6 Å². The largest absolute Gasteiger partial charge is 0.508 e. The van der Waals surface area contributed by atoms with Gasteiger partial charge in [0.05, 0.1) is 17.6 Å². The van der Waals surface area contributed by atoms with Gasteiger partial charge in [-0.2, -0.15) is 4.39 Å². The lowest BCUT2D eigenvalue weighted by Crippen LogP contribution is -2.10. The number of ether oxygens (including phenoxy) is 2. The first-order valence-corrected chi connectivity index (χ1v) is 9.60. The summed E-state index contributed by atoms with van der Waals surface area (Å²) >= 11 is 0. The van der Waals surface area contributed by atoms with Crippen LogP contribution in [-0.4, -0.2) is 37.4 Å². The summed E-state index contributed by atoms with van der Waals surface area (Å²) in [5.41, 5.74) is 1.37. The molecule has 32 heavy (non-hydrogen) atoms. The van der Waals surface area contributed by atoms with Crippen molar-refractivity contribution in [3.8, 4) is 28.7 Å². The van der Waals surface area contributed by atoms with Gasteiger partial charge in [0.25, 0.3) is 0 Å². The third-order valence-electron chi connectivity index (χ3n) is 4.87. The highest BCUT2D eigenvalue weighted by Crippen LogP contribution is 2.37. The molecule has 0 saturated heterocycles. The number of hydrogen-bond acceptors (Lipinski definition) is 6. The van der Waals surface area contributed by atoms with Crippen molar-refractivity contribution in [2.75, 3.05) is 6.61 Å². The fourth-order valence-corrected chi connectivity index (χ4v) is 3.33. The van der Waals surface area contributed by atoms with E-state index in [0.717, 1.165) is 0 Å². The fourth-order valence-electron chi connectivity index (χ4n) is 3.33. The van der Waals surface area contributed by atoms with E-state index in [-0.39, 0.29) is 23.8 Å². The molecule has 2 aromatic heterocycles. The number of aromatic hydroxyl groups is 2. The predicted octanol–water partition coefficient (Wildman–Crippen LogP) is 4.20. The number of rotatable bonds is 7. The summed E-state index contributed by atoms with van der Waals surface area (Å²) in [5.74, 6) is -0.531. The van der Waals surface area contributed by atoms with Gasteiger partial charge in [-0.15, -0.1) is 0 Å². The number of phenolic OH excluding ortho intramolecular Hbond substituents is 2. The number of halogens is 1. The molecule has 4 rings (SSSR count). The molecule has 0 radical (unpaired) electrons. The van der Waals surface area contributed by atoms with Gasteiger partial charge < -0.3 is 29.4 Å². The smallest absolute Gasteiger partial charge is 0.341 e. The highest BCUT2D eigenvalue weighted by Gasteiger charge is 2.19.